The summed E-state index contributed by atoms with van der Waals surface area (Å²) in [5.74, 6) is 7.87. The van der Waals surface area contributed by atoms with E-state index in [9.17, 15) is 0 Å². The fraction of sp³-hybridized carbons (Fsp3) is 1.00. The van der Waals surface area contributed by atoms with Crippen molar-refractivity contribution in [3.05, 3.63) is 0 Å². The molecule has 46 valence electrons. The van der Waals surface area contributed by atoms with Gasteiger partial charge in [0.15, 0.2) is 6.29 Å². The Hall–Kier alpha value is -0.160. The maximum absolute atomic E-state index is 7.87. The van der Waals surface area contributed by atoms with Gasteiger partial charge in [0.2, 0.25) is 0 Å². The molecule has 0 aliphatic carbocycles. The fourth-order valence-electron chi connectivity index (χ4n) is 0.564. The van der Waals surface area contributed by atoms with Crippen LogP contribution in [-0.4, -0.2) is 26.1 Å². The van der Waals surface area contributed by atoms with Crippen molar-refractivity contribution in [2.75, 3.05) is 19.8 Å². The van der Waals surface area contributed by atoms with Crippen molar-refractivity contribution in [2.45, 2.75) is 6.29 Å². The van der Waals surface area contributed by atoms with Crippen molar-refractivity contribution >= 4 is 0 Å². The topological polar surface area (TPSA) is 50.0 Å². The third kappa shape index (κ3) is 1.41. The van der Waals surface area contributed by atoms with Gasteiger partial charge in [-0.3, -0.25) is 4.84 Å². The van der Waals surface area contributed by atoms with Crippen molar-refractivity contribution in [3.8, 4) is 0 Å². The Balaban J connectivity index is 2.06. The quantitative estimate of drug-likeness (QED) is 0.452. The maximum atomic E-state index is 7.87. The molecule has 1 fully saturated rings. The summed E-state index contributed by atoms with van der Waals surface area (Å²) in [6.45, 7) is 1.28. The van der Waals surface area contributed by atoms with Gasteiger partial charge in [0, 0.05) is 5.90 Å². The molecular formula is C4H7NO3. The van der Waals surface area contributed by atoms with Crippen LogP contribution in [0.25, 0.3) is 0 Å². The Morgan fingerprint density at radius 3 is 2.62 bits per heavy atom. The predicted octanol–water partition coefficient (Wildman–Crippen LogP) is -0.640. The number of rotatable bonds is 2. The minimum absolute atomic E-state index is 0.0972. The highest BCUT2D eigenvalue weighted by atomic mass is 16.7. The minimum atomic E-state index is -0.361. The first-order chi connectivity index (χ1) is 3.93. The summed E-state index contributed by atoms with van der Waals surface area (Å²) in [7, 11) is 0. The van der Waals surface area contributed by atoms with Crippen LogP contribution < -0.4 is 5.90 Å². The summed E-state index contributed by atoms with van der Waals surface area (Å²) in [4.78, 5) is 3.78. The first kappa shape index (κ1) is 5.97. The summed E-state index contributed by atoms with van der Waals surface area (Å²) < 4.78 is 9.77. The summed E-state index contributed by atoms with van der Waals surface area (Å²) in [6, 6.07) is 0. The van der Waals surface area contributed by atoms with Crippen LogP contribution in [0.3, 0.4) is 0 Å². The lowest BCUT2D eigenvalue weighted by molar-refractivity contribution is -0.0987. The number of nitrogens with zero attached hydrogens (tertiary/aromatic N) is 1. The summed E-state index contributed by atoms with van der Waals surface area (Å²) in [6.07, 6.45) is -0.361. The van der Waals surface area contributed by atoms with Crippen LogP contribution in [0, 0.1) is 0 Å². The molecule has 0 unspecified atom stereocenters. The van der Waals surface area contributed by atoms with Gasteiger partial charge >= 0.3 is 0 Å². The average Bonchev–Trinajstić information content (AvgIpc) is 2.19. The minimum Gasteiger partial charge on any atom is -0.348 e. The SMILES string of the molecule is [N]OCC1OCCO1. The Kier molecular flexibility index (Phi) is 2.23. The molecule has 1 aliphatic heterocycles. The number of hydrogen-bond acceptors (Lipinski definition) is 3. The average molecular weight is 117 g/mol. The van der Waals surface area contributed by atoms with Crippen LogP contribution in [0.15, 0.2) is 0 Å². The molecule has 0 aromatic heterocycles. The molecule has 4 nitrogen and oxygen atoms in total. The zero-order valence-corrected chi connectivity index (χ0v) is 4.37. The van der Waals surface area contributed by atoms with E-state index in [-0.39, 0.29) is 12.9 Å². The van der Waals surface area contributed by atoms with Crippen molar-refractivity contribution in [2.24, 2.45) is 0 Å². The molecule has 0 atom stereocenters. The molecule has 1 rings (SSSR count). The van der Waals surface area contributed by atoms with Crippen LogP contribution >= 0.6 is 0 Å². The van der Waals surface area contributed by atoms with E-state index >= 15 is 0 Å². The third-order valence-corrected chi connectivity index (χ3v) is 0.901. The lowest BCUT2D eigenvalue weighted by Crippen LogP contribution is -2.15. The smallest absolute Gasteiger partial charge is 0.183 e. The molecule has 0 aromatic rings. The van der Waals surface area contributed by atoms with Crippen LogP contribution in [0.2, 0.25) is 0 Å². The highest BCUT2D eigenvalue weighted by Gasteiger charge is 2.14. The normalized spacial score (nSPS) is 22.1. The number of hydrogen-bond donors (Lipinski definition) is 0. The van der Waals surface area contributed by atoms with E-state index in [4.69, 9.17) is 15.4 Å². The lowest BCUT2D eigenvalue weighted by atomic mass is 10.7. The molecule has 0 spiro atoms. The molecule has 1 heterocycles. The van der Waals surface area contributed by atoms with Gasteiger partial charge in [-0.15, -0.1) is 0 Å². The van der Waals surface area contributed by atoms with E-state index < -0.39 is 0 Å². The van der Waals surface area contributed by atoms with Crippen molar-refractivity contribution in [3.63, 3.8) is 0 Å². The van der Waals surface area contributed by atoms with Crippen molar-refractivity contribution in [1.29, 1.82) is 0 Å². The molecule has 0 bridgehead atoms. The van der Waals surface area contributed by atoms with E-state index in [1.807, 2.05) is 0 Å². The highest BCUT2D eigenvalue weighted by Crippen LogP contribution is 2.01. The standard InChI is InChI=1S/C4H7NO3/c5-8-3-4-6-1-2-7-4/h4H,1-3H2. The highest BCUT2D eigenvalue weighted by molar-refractivity contribution is 4.47. The summed E-state index contributed by atoms with van der Waals surface area (Å²) >= 11 is 0. The van der Waals surface area contributed by atoms with Gasteiger partial charge in [-0.1, -0.05) is 0 Å². The van der Waals surface area contributed by atoms with E-state index in [1.165, 1.54) is 0 Å². The van der Waals surface area contributed by atoms with Crippen LogP contribution in [0.5, 0.6) is 0 Å². The van der Waals surface area contributed by atoms with Gasteiger partial charge in [-0.2, -0.15) is 0 Å². The molecule has 2 radical (unpaired) electrons. The Morgan fingerprint density at radius 2 is 2.12 bits per heavy atom. The molecule has 0 amide bonds. The fourth-order valence-corrected chi connectivity index (χ4v) is 0.564. The summed E-state index contributed by atoms with van der Waals surface area (Å²) in [5, 5.41) is 0. The van der Waals surface area contributed by atoms with Crippen LogP contribution in [0.4, 0.5) is 0 Å². The van der Waals surface area contributed by atoms with Crippen molar-refractivity contribution in [1.82, 2.24) is 5.90 Å². The van der Waals surface area contributed by atoms with Crippen LogP contribution in [-0.2, 0) is 14.3 Å². The van der Waals surface area contributed by atoms with Crippen molar-refractivity contribution < 1.29 is 14.3 Å². The maximum Gasteiger partial charge on any atom is 0.183 e. The Bertz CT molecular complexity index is 62.3. The van der Waals surface area contributed by atoms with E-state index in [2.05, 4.69) is 4.84 Å². The first-order valence-corrected chi connectivity index (χ1v) is 2.43. The largest absolute Gasteiger partial charge is 0.348 e. The predicted molar refractivity (Wildman–Crippen MR) is 23.8 cm³/mol. The first-order valence-electron chi connectivity index (χ1n) is 2.43. The van der Waals surface area contributed by atoms with E-state index in [0.29, 0.717) is 13.2 Å². The number of ether oxygens (including phenoxy) is 2. The van der Waals surface area contributed by atoms with E-state index in [1.54, 1.807) is 0 Å². The van der Waals surface area contributed by atoms with Gasteiger partial charge in [0.25, 0.3) is 0 Å². The zero-order valence-electron chi connectivity index (χ0n) is 4.37. The summed E-state index contributed by atoms with van der Waals surface area (Å²) in [5.41, 5.74) is 0. The van der Waals surface area contributed by atoms with Gasteiger partial charge in [-0.05, 0) is 0 Å². The molecule has 0 saturated carbocycles. The Morgan fingerprint density at radius 1 is 1.50 bits per heavy atom. The molecule has 1 aliphatic rings. The molecule has 8 heavy (non-hydrogen) atoms. The van der Waals surface area contributed by atoms with Crippen LogP contribution in [0.1, 0.15) is 0 Å². The lowest BCUT2D eigenvalue weighted by Gasteiger charge is -2.02. The van der Waals surface area contributed by atoms with Gasteiger partial charge < -0.3 is 9.47 Å². The second-order valence-electron chi connectivity index (χ2n) is 1.47. The molecule has 4 heteroatoms. The molecular weight excluding hydrogens is 110 g/mol. The third-order valence-electron chi connectivity index (χ3n) is 0.901. The van der Waals surface area contributed by atoms with Gasteiger partial charge in [0.05, 0.1) is 13.2 Å². The second kappa shape index (κ2) is 2.99. The second-order valence-corrected chi connectivity index (χ2v) is 1.47. The van der Waals surface area contributed by atoms with Gasteiger partial charge in [-0.25, -0.2) is 0 Å². The van der Waals surface area contributed by atoms with E-state index in [0.717, 1.165) is 0 Å². The Labute approximate surface area is 47.5 Å². The molecule has 0 N–H and O–H groups in total. The zero-order chi connectivity index (χ0) is 5.82. The monoisotopic (exact) mass is 117 g/mol. The van der Waals surface area contributed by atoms with Gasteiger partial charge in [0.1, 0.15) is 6.61 Å². The molecule has 1 saturated heterocycles. The molecule has 0 aromatic carbocycles.